The molecule has 1 aromatic carbocycles. The second kappa shape index (κ2) is 4.60. The Morgan fingerprint density at radius 2 is 2.06 bits per heavy atom. The van der Waals surface area contributed by atoms with Crippen LogP contribution in [0.15, 0.2) is 26.1 Å². The van der Waals surface area contributed by atoms with Gasteiger partial charge in [-0.25, -0.2) is 9.59 Å². The summed E-state index contributed by atoms with van der Waals surface area (Å²) in [6.45, 7) is 3.69. The van der Waals surface area contributed by atoms with Gasteiger partial charge in [0.15, 0.2) is 5.78 Å². The van der Waals surface area contributed by atoms with E-state index in [1.54, 1.807) is 13.0 Å². The van der Waals surface area contributed by atoms with Crippen molar-refractivity contribution in [3.05, 3.63) is 44.2 Å². The molecule has 0 aliphatic carbocycles. The van der Waals surface area contributed by atoms with Gasteiger partial charge >= 0.3 is 11.4 Å². The first-order chi connectivity index (χ1) is 8.52. The predicted molar refractivity (Wildman–Crippen MR) is 67.1 cm³/mol. The number of H-pyrrole nitrogens is 1. The molecular weight excluding hydrogens is 234 g/mol. The summed E-state index contributed by atoms with van der Waals surface area (Å²) in [6, 6.07) is 3.11. The third kappa shape index (κ3) is 2.11. The molecule has 94 valence electrons. The fraction of sp³-hybridized carbons (Fsp3) is 0.308. The maximum atomic E-state index is 11.9. The Bertz CT molecular complexity index is 724. The average Bonchev–Trinajstić information content (AvgIpc) is 2.27. The van der Waals surface area contributed by atoms with Gasteiger partial charge in [-0.1, -0.05) is 6.92 Å². The van der Waals surface area contributed by atoms with Crippen molar-refractivity contribution in [1.29, 1.82) is 0 Å². The van der Waals surface area contributed by atoms with E-state index in [4.69, 9.17) is 0 Å². The number of nitrogens with one attached hydrogen (secondary N) is 1. The second-order valence-corrected chi connectivity index (χ2v) is 4.19. The van der Waals surface area contributed by atoms with Crippen LogP contribution in [0.1, 0.15) is 35.7 Å². The number of benzene rings is 1. The summed E-state index contributed by atoms with van der Waals surface area (Å²) in [4.78, 5) is 36.9. The molecule has 2 aromatic rings. The van der Waals surface area contributed by atoms with Crippen LogP contribution >= 0.6 is 0 Å². The average molecular weight is 247 g/mol. The fourth-order valence-corrected chi connectivity index (χ4v) is 1.92. The highest BCUT2D eigenvalue weighted by Crippen LogP contribution is 2.17. The number of fused-ring (bicyclic) bond motifs is 1. The minimum Gasteiger partial charge on any atom is -0.372 e. The molecule has 0 aliphatic heterocycles. The molecule has 1 heterocycles. The molecule has 1 N–H and O–H groups in total. The molecule has 0 radical (unpaired) electrons. The number of Topliss-reactive ketones (excluding diaryl/α,β-unsaturated/α-hetero) is 1. The van der Waals surface area contributed by atoms with Crippen LogP contribution in [-0.2, 0) is 0 Å². The molecular formula is C13H13NO4. The molecule has 0 aliphatic rings. The van der Waals surface area contributed by atoms with Gasteiger partial charge in [-0.05, 0) is 31.0 Å². The highest BCUT2D eigenvalue weighted by atomic mass is 16.4. The minimum absolute atomic E-state index is 0.0116. The van der Waals surface area contributed by atoms with Gasteiger partial charge in [0.25, 0.3) is 0 Å². The van der Waals surface area contributed by atoms with Crippen molar-refractivity contribution in [2.75, 3.05) is 0 Å². The molecule has 1 aromatic heterocycles. The molecule has 0 fully saturated rings. The summed E-state index contributed by atoms with van der Waals surface area (Å²) in [5.74, 6) is -0.804. The van der Waals surface area contributed by atoms with E-state index in [1.807, 2.05) is 6.92 Å². The van der Waals surface area contributed by atoms with Gasteiger partial charge < -0.3 is 4.42 Å². The van der Waals surface area contributed by atoms with Gasteiger partial charge in [-0.3, -0.25) is 9.78 Å². The number of carbonyl (C=O) groups excluding carboxylic acids is 1. The van der Waals surface area contributed by atoms with E-state index in [9.17, 15) is 14.4 Å². The lowest BCUT2D eigenvalue weighted by atomic mass is 10.00. The van der Waals surface area contributed by atoms with Crippen LogP contribution in [0, 0.1) is 6.92 Å². The lowest BCUT2D eigenvalue weighted by Crippen LogP contribution is -2.15. The summed E-state index contributed by atoms with van der Waals surface area (Å²) in [5, 5.41) is 0.222. The Labute approximate surface area is 102 Å². The summed E-state index contributed by atoms with van der Waals surface area (Å²) >= 11 is 0. The fourth-order valence-electron chi connectivity index (χ4n) is 1.92. The number of rotatable bonds is 3. The second-order valence-electron chi connectivity index (χ2n) is 4.19. The Morgan fingerprint density at radius 3 is 2.72 bits per heavy atom. The molecule has 0 atom stereocenters. The Kier molecular flexibility index (Phi) is 3.14. The van der Waals surface area contributed by atoms with Crippen LogP contribution in [0.2, 0.25) is 0 Å². The Hall–Kier alpha value is -2.17. The van der Waals surface area contributed by atoms with Crippen molar-refractivity contribution < 1.29 is 9.21 Å². The monoisotopic (exact) mass is 247 g/mol. The van der Waals surface area contributed by atoms with Crippen molar-refractivity contribution in [1.82, 2.24) is 4.98 Å². The normalized spacial score (nSPS) is 10.8. The van der Waals surface area contributed by atoms with E-state index < -0.39 is 11.4 Å². The SMILES string of the molecule is CCCC(=O)c1cc2c(=O)oc(=O)[nH]c2cc1C. The topological polar surface area (TPSA) is 80.1 Å². The van der Waals surface area contributed by atoms with Crippen LogP contribution < -0.4 is 11.4 Å². The van der Waals surface area contributed by atoms with Gasteiger partial charge in [-0.2, -0.15) is 0 Å². The Balaban J connectivity index is 2.72. The van der Waals surface area contributed by atoms with E-state index in [0.29, 0.717) is 17.5 Å². The summed E-state index contributed by atoms with van der Waals surface area (Å²) < 4.78 is 4.45. The number of aryl methyl sites for hydroxylation is 1. The zero-order valence-corrected chi connectivity index (χ0v) is 10.2. The summed E-state index contributed by atoms with van der Waals surface area (Å²) in [5.41, 5.74) is 0.909. The smallest absolute Gasteiger partial charge is 0.372 e. The summed E-state index contributed by atoms with van der Waals surface area (Å²) in [7, 11) is 0. The van der Waals surface area contributed by atoms with Gasteiger partial charge in [0.05, 0.1) is 10.9 Å². The van der Waals surface area contributed by atoms with Crippen LogP contribution in [-0.4, -0.2) is 10.8 Å². The maximum absolute atomic E-state index is 11.9. The van der Waals surface area contributed by atoms with E-state index in [1.165, 1.54) is 6.07 Å². The van der Waals surface area contributed by atoms with Gasteiger partial charge in [0.1, 0.15) is 0 Å². The molecule has 2 rings (SSSR count). The van der Waals surface area contributed by atoms with E-state index in [-0.39, 0.29) is 11.2 Å². The Morgan fingerprint density at radius 1 is 1.33 bits per heavy atom. The molecule has 0 saturated heterocycles. The molecule has 0 spiro atoms. The quantitative estimate of drug-likeness (QED) is 0.838. The standard InChI is InChI=1S/C13H13NO4/c1-3-4-11(15)8-6-9-10(5-7(8)2)14-13(17)18-12(9)16/h5-6H,3-4H2,1-2H3,(H,14,17). The van der Waals surface area contributed by atoms with Gasteiger partial charge in [0.2, 0.25) is 0 Å². The number of aromatic amines is 1. The highest BCUT2D eigenvalue weighted by molar-refractivity contribution is 6.00. The molecule has 18 heavy (non-hydrogen) atoms. The lowest BCUT2D eigenvalue weighted by Gasteiger charge is -2.05. The number of hydrogen-bond acceptors (Lipinski definition) is 4. The van der Waals surface area contributed by atoms with Crippen molar-refractivity contribution in [3.63, 3.8) is 0 Å². The highest BCUT2D eigenvalue weighted by Gasteiger charge is 2.12. The van der Waals surface area contributed by atoms with Crippen molar-refractivity contribution in [2.45, 2.75) is 26.7 Å². The number of aromatic nitrogens is 1. The van der Waals surface area contributed by atoms with Gasteiger partial charge in [0, 0.05) is 12.0 Å². The van der Waals surface area contributed by atoms with Crippen LogP contribution in [0.3, 0.4) is 0 Å². The third-order valence-corrected chi connectivity index (χ3v) is 2.78. The van der Waals surface area contributed by atoms with E-state index >= 15 is 0 Å². The van der Waals surface area contributed by atoms with E-state index in [0.717, 1.165) is 12.0 Å². The predicted octanol–water partition coefficient (Wildman–Crippen LogP) is 1.77. The number of carbonyl (C=O) groups is 1. The first-order valence-corrected chi connectivity index (χ1v) is 5.74. The van der Waals surface area contributed by atoms with Crippen LogP contribution in [0.5, 0.6) is 0 Å². The number of hydrogen-bond donors (Lipinski definition) is 1. The molecule has 5 nitrogen and oxygen atoms in total. The summed E-state index contributed by atoms with van der Waals surface area (Å²) in [6.07, 6.45) is 1.18. The molecule has 0 amide bonds. The maximum Gasteiger partial charge on any atom is 0.419 e. The zero-order valence-electron chi connectivity index (χ0n) is 10.2. The first-order valence-electron chi connectivity index (χ1n) is 5.74. The molecule has 0 saturated carbocycles. The van der Waals surface area contributed by atoms with Crippen LogP contribution in [0.25, 0.3) is 10.9 Å². The third-order valence-electron chi connectivity index (χ3n) is 2.78. The molecule has 0 bridgehead atoms. The molecule has 5 heteroatoms. The van der Waals surface area contributed by atoms with Crippen LogP contribution in [0.4, 0.5) is 0 Å². The number of ketones is 1. The lowest BCUT2D eigenvalue weighted by molar-refractivity contribution is 0.0981. The largest absolute Gasteiger partial charge is 0.419 e. The van der Waals surface area contributed by atoms with Crippen molar-refractivity contribution in [3.8, 4) is 0 Å². The van der Waals surface area contributed by atoms with Gasteiger partial charge in [-0.15, -0.1) is 0 Å². The zero-order chi connectivity index (χ0) is 13.3. The van der Waals surface area contributed by atoms with E-state index in [2.05, 4.69) is 9.40 Å². The molecule has 0 unspecified atom stereocenters. The first kappa shape index (κ1) is 12.3. The van der Waals surface area contributed by atoms with Crippen molar-refractivity contribution in [2.24, 2.45) is 0 Å². The van der Waals surface area contributed by atoms with Crippen molar-refractivity contribution >= 4 is 16.7 Å². The minimum atomic E-state index is -0.792.